The third kappa shape index (κ3) is 5.75. The van der Waals surface area contributed by atoms with Gasteiger partial charge in [-0.3, -0.25) is 14.6 Å². The average Bonchev–Trinajstić information content (AvgIpc) is 3.34. The molecule has 1 aromatic carbocycles. The van der Waals surface area contributed by atoms with E-state index in [1.54, 1.807) is 13.1 Å². The minimum atomic E-state index is -0.821. The van der Waals surface area contributed by atoms with Gasteiger partial charge in [-0.2, -0.15) is 0 Å². The molecule has 2 bridgehead atoms. The van der Waals surface area contributed by atoms with Gasteiger partial charge in [0.2, 0.25) is 11.8 Å². The van der Waals surface area contributed by atoms with E-state index in [-0.39, 0.29) is 36.9 Å². The zero-order valence-electron chi connectivity index (χ0n) is 24.8. The molecule has 1 saturated carbocycles. The van der Waals surface area contributed by atoms with Crippen LogP contribution in [0.5, 0.6) is 11.5 Å². The number of nitrogens with zero attached hydrogens (tertiary/aromatic N) is 2. The van der Waals surface area contributed by atoms with Crippen LogP contribution >= 0.6 is 0 Å². The van der Waals surface area contributed by atoms with E-state index >= 15 is 0 Å². The summed E-state index contributed by atoms with van der Waals surface area (Å²) in [4.78, 5) is 43.0. The number of aliphatic hydroxyl groups excluding tert-OH is 1. The molecule has 234 valence electrons. The number of aliphatic hydroxyl groups is 1. The largest absolute Gasteiger partial charge is 0.482 e. The molecule has 7 atom stereocenters. The van der Waals surface area contributed by atoms with E-state index in [0.29, 0.717) is 42.7 Å². The molecule has 3 aliphatic carbocycles. The Morgan fingerprint density at radius 1 is 1.28 bits per heavy atom. The molecule has 3 amide bonds. The summed E-state index contributed by atoms with van der Waals surface area (Å²) in [5, 5.41) is 16.3. The van der Waals surface area contributed by atoms with Crippen LogP contribution < -0.4 is 37.3 Å². The number of aliphatic imine (C=N–C) groups is 1. The van der Waals surface area contributed by atoms with E-state index in [2.05, 4.69) is 28.6 Å². The summed E-state index contributed by atoms with van der Waals surface area (Å²) in [5.41, 5.74) is 18.0. The van der Waals surface area contributed by atoms with Crippen molar-refractivity contribution in [2.75, 3.05) is 33.2 Å². The fraction of sp³-hybridized carbons (Fsp3) is 0.600. The predicted octanol–water partition coefficient (Wildman–Crippen LogP) is -0.122. The first-order chi connectivity index (χ1) is 20.6. The number of nitrogens with two attached hydrogens (primary N) is 3. The molecule has 9 N–H and O–H groups in total. The van der Waals surface area contributed by atoms with Crippen LogP contribution in [0.25, 0.3) is 0 Å². The van der Waals surface area contributed by atoms with Gasteiger partial charge in [0.05, 0.1) is 6.54 Å². The summed E-state index contributed by atoms with van der Waals surface area (Å²) in [6.45, 7) is 2.66. The smallest absolute Gasteiger partial charge is 0.415 e. The Morgan fingerprint density at radius 3 is 2.81 bits per heavy atom. The number of carbonyl (C=O) groups excluding carboxylic acids is 3. The van der Waals surface area contributed by atoms with Gasteiger partial charge in [0.25, 0.3) is 0 Å². The Kier molecular flexibility index (Phi) is 8.84. The molecule has 13 heteroatoms. The Balaban J connectivity index is 1.21. The molecule has 13 nitrogen and oxygen atoms in total. The van der Waals surface area contributed by atoms with Crippen molar-refractivity contribution in [3.63, 3.8) is 0 Å². The maximum Gasteiger partial charge on any atom is 0.415 e. The number of nitrogens with one attached hydrogen (secondary N) is 2. The minimum Gasteiger partial charge on any atom is -0.482 e. The molecule has 4 aliphatic rings. The highest BCUT2D eigenvalue weighted by atomic mass is 16.6. The van der Waals surface area contributed by atoms with Crippen molar-refractivity contribution >= 4 is 23.9 Å². The molecule has 1 heterocycles. The second-order valence-corrected chi connectivity index (χ2v) is 12.1. The average molecular weight is 598 g/mol. The molecule has 43 heavy (non-hydrogen) atoms. The second-order valence-electron chi connectivity index (χ2n) is 12.1. The van der Waals surface area contributed by atoms with Crippen LogP contribution in [-0.2, 0) is 21.4 Å². The van der Waals surface area contributed by atoms with Crippen molar-refractivity contribution in [2.24, 2.45) is 39.9 Å². The summed E-state index contributed by atoms with van der Waals surface area (Å²) in [6.07, 6.45) is 5.97. The topological polar surface area (TPSA) is 208 Å². The molecular weight excluding hydrogens is 554 g/mol. The SMILES string of the molecule is C[C@@H]1CC[C@]23c4c5ccc(OC(=O)N(C)CCNC(=O)[C@H](CCCN=C(N)N)NC(=O)CN)c4O[C@H]2C(O)C=CC3[C@H]1C5. The molecule has 0 radical (unpaired) electrons. The zero-order chi connectivity index (χ0) is 30.9. The lowest BCUT2D eigenvalue weighted by atomic mass is 9.48. The normalized spacial score (nSPS) is 28.1. The lowest BCUT2D eigenvalue weighted by molar-refractivity contribution is -0.128. The van der Waals surface area contributed by atoms with Crippen LogP contribution in [0.1, 0.15) is 43.7 Å². The molecular formula is C30H43N7O6. The van der Waals surface area contributed by atoms with E-state index < -0.39 is 36.2 Å². The van der Waals surface area contributed by atoms with Crippen molar-refractivity contribution in [1.29, 1.82) is 0 Å². The maximum absolute atomic E-state index is 13.1. The van der Waals surface area contributed by atoms with E-state index in [9.17, 15) is 19.5 Å². The number of carbonyl (C=O) groups is 3. The molecule has 1 fully saturated rings. The number of likely N-dealkylation sites (N-methyl/N-ethyl adjacent to an activating group) is 1. The maximum atomic E-state index is 13.1. The standard InChI is InChI=1S/C30H43N7O6/c1-16-9-10-30-19-6-7-21(38)26(30)43-25-22(8-5-17(24(25)30)14-18(16)19)42-29(41)37(2)13-12-34-27(40)20(36-23(39)15-31)4-3-11-35-28(32)33/h5-8,16,18-21,26,38H,3-4,9-15,31H2,1-2H3,(H,34,40)(H,36,39)(H4,32,33,35)/t16-,18+,19?,20+,21?,26+,30+/m1/s1. The highest BCUT2D eigenvalue weighted by molar-refractivity contribution is 5.88. The third-order valence-electron chi connectivity index (χ3n) is 9.55. The number of rotatable bonds is 11. The predicted molar refractivity (Wildman–Crippen MR) is 159 cm³/mol. The Bertz CT molecular complexity index is 1310. The number of hydrogen-bond donors (Lipinski definition) is 6. The van der Waals surface area contributed by atoms with Gasteiger partial charge >= 0.3 is 6.09 Å². The summed E-state index contributed by atoms with van der Waals surface area (Å²) in [7, 11) is 1.57. The van der Waals surface area contributed by atoms with Gasteiger partial charge in [-0.05, 0) is 61.5 Å². The van der Waals surface area contributed by atoms with Crippen LogP contribution in [0.2, 0.25) is 0 Å². The molecule has 1 aromatic rings. The monoisotopic (exact) mass is 597 g/mol. The summed E-state index contributed by atoms with van der Waals surface area (Å²) < 4.78 is 12.3. The van der Waals surface area contributed by atoms with E-state index in [0.717, 1.165) is 24.8 Å². The van der Waals surface area contributed by atoms with Gasteiger partial charge in [0, 0.05) is 37.7 Å². The van der Waals surface area contributed by atoms with Crippen LogP contribution in [0.3, 0.4) is 0 Å². The van der Waals surface area contributed by atoms with Gasteiger partial charge in [0.15, 0.2) is 17.5 Å². The first-order valence-corrected chi connectivity index (χ1v) is 15.0. The van der Waals surface area contributed by atoms with Crippen molar-refractivity contribution in [3.05, 3.63) is 35.4 Å². The van der Waals surface area contributed by atoms with Gasteiger partial charge in [-0.15, -0.1) is 0 Å². The number of amides is 3. The second kappa shape index (κ2) is 12.4. The van der Waals surface area contributed by atoms with Gasteiger partial charge < -0.3 is 47.3 Å². The van der Waals surface area contributed by atoms with E-state index in [1.165, 1.54) is 10.5 Å². The number of benzene rings is 1. The van der Waals surface area contributed by atoms with Crippen LogP contribution in [0.15, 0.2) is 29.3 Å². The molecule has 2 unspecified atom stereocenters. The summed E-state index contributed by atoms with van der Waals surface area (Å²) in [6, 6.07) is 2.99. The van der Waals surface area contributed by atoms with Gasteiger partial charge in [-0.1, -0.05) is 25.1 Å². The number of hydrogen-bond acceptors (Lipinski definition) is 8. The number of allylic oxidation sites excluding steroid dienone is 1. The van der Waals surface area contributed by atoms with Crippen molar-refractivity contribution in [3.8, 4) is 11.5 Å². The number of guanidine groups is 1. The van der Waals surface area contributed by atoms with E-state index in [1.807, 2.05) is 12.1 Å². The fourth-order valence-corrected chi connectivity index (χ4v) is 7.43. The van der Waals surface area contributed by atoms with Crippen molar-refractivity contribution in [2.45, 2.75) is 62.7 Å². The van der Waals surface area contributed by atoms with Crippen molar-refractivity contribution < 1.29 is 29.0 Å². The quantitative estimate of drug-likeness (QED) is 0.0868. The Labute approximate surface area is 251 Å². The van der Waals surface area contributed by atoms with Crippen LogP contribution in [0, 0.1) is 17.8 Å². The first-order valence-electron chi connectivity index (χ1n) is 15.0. The Morgan fingerprint density at radius 2 is 2.07 bits per heavy atom. The first kappa shape index (κ1) is 30.6. The Hall–Kier alpha value is -3.84. The lowest BCUT2D eigenvalue weighted by Crippen LogP contribution is -2.59. The number of ether oxygens (including phenoxy) is 2. The fourth-order valence-electron chi connectivity index (χ4n) is 7.43. The lowest BCUT2D eigenvalue weighted by Gasteiger charge is -2.55. The van der Waals surface area contributed by atoms with Gasteiger partial charge in [-0.25, -0.2) is 4.79 Å². The highest BCUT2D eigenvalue weighted by Gasteiger charge is 2.64. The molecule has 0 saturated heterocycles. The third-order valence-corrected chi connectivity index (χ3v) is 9.55. The summed E-state index contributed by atoms with van der Waals surface area (Å²) in [5.74, 6) is 1.31. The zero-order valence-corrected chi connectivity index (χ0v) is 24.8. The van der Waals surface area contributed by atoms with E-state index in [4.69, 9.17) is 26.7 Å². The minimum absolute atomic E-state index is 0.0494. The molecule has 0 aromatic heterocycles. The molecule has 1 aliphatic heterocycles. The van der Waals surface area contributed by atoms with Crippen LogP contribution in [-0.4, -0.2) is 85.4 Å². The van der Waals surface area contributed by atoms with Gasteiger partial charge in [0.1, 0.15) is 18.2 Å². The summed E-state index contributed by atoms with van der Waals surface area (Å²) >= 11 is 0. The molecule has 1 spiro atoms. The molecule has 5 rings (SSSR count). The van der Waals surface area contributed by atoms with Crippen molar-refractivity contribution in [1.82, 2.24) is 15.5 Å². The van der Waals surface area contributed by atoms with Crippen LogP contribution in [0.4, 0.5) is 4.79 Å². The highest BCUT2D eigenvalue weighted by Crippen LogP contribution is 2.65.